The number of fused-ring (bicyclic) bond motifs is 1. The van der Waals surface area contributed by atoms with Gasteiger partial charge in [0.15, 0.2) is 0 Å². The molecule has 3 heteroatoms. The van der Waals surface area contributed by atoms with Gasteiger partial charge in [-0.2, -0.15) is 0 Å². The van der Waals surface area contributed by atoms with Gasteiger partial charge in [0.25, 0.3) is 0 Å². The van der Waals surface area contributed by atoms with Gasteiger partial charge in [0.1, 0.15) is 5.78 Å². The van der Waals surface area contributed by atoms with Gasteiger partial charge >= 0.3 is 0 Å². The van der Waals surface area contributed by atoms with Gasteiger partial charge in [-0.3, -0.25) is 4.79 Å². The van der Waals surface area contributed by atoms with Gasteiger partial charge in [0.2, 0.25) is 5.91 Å². The summed E-state index contributed by atoms with van der Waals surface area (Å²) in [6.07, 6.45) is 5.16. The first-order valence-corrected chi connectivity index (χ1v) is 6.95. The quantitative estimate of drug-likeness (QED) is 0.762. The van der Waals surface area contributed by atoms with Crippen molar-refractivity contribution in [3.05, 3.63) is 29.3 Å². The molecule has 2 rings (SSSR count). The molecule has 0 spiro atoms. The Morgan fingerprint density at radius 3 is 2.79 bits per heavy atom. The molecule has 0 fully saturated rings. The number of ketones is 1. The van der Waals surface area contributed by atoms with E-state index in [4.69, 9.17) is 0 Å². The van der Waals surface area contributed by atoms with Gasteiger partial charge in [-0.25, -0.2) is 0 Å². The summed E-state index contributed by atoms with van der Waals surface area (Å²) in [6, 6.07) is 6.36. The zero-order valence-electron chi connectivity index (χ0n) is 11.7. The lowest BCUT2D eigenvalue weighted by molar-refractivity contribution is -0.118. The molecule has 1 aromatic rings. The third-order valence-corrected chi connectivity index (χ3v) is 3.73. The minimum absolute atomic E-state index is 0.196. The summed E-state index contributed by atoms with van der Waals surface area (Å²) < 4.78 is 0. The van der Waals surface area contributed by atoms with E-state index < -0.39 is 0 Å². The van der Waals surface area contributed by atoms with E-state index in [9.17, 15) is 9.59 Å². The predicted molar refractivity (Wildman–Crippen MR) is 76.4 cm³/mol. The summed E-state index contributed by atoms with van der Waals surface area (Å²) in [7, 11) is 1.84. The molecule has 1 amide bonds. The van der Waals surface area contributed by atoms with E-state index in [1.54, 1.807) is 11.8 Å². The van der Waals surface area contributed by atoms with Crippen LogP contribution in [0.4, 0.5) is 5.69 Å². The van der Waals surface area contributed by atoms with Gasteiger partial charge < -0.3 is 9.69 Å². The summed E-state index contributed by atoms with van der Waals surface area (Å²) in [5.74, 6) is 0.465. The molecule has 0 unspecified atom stereocenters. The number of carbonyl (C=O) groups excluding carboxylic acids is 2. The minimum Gasteiger partial charge on any atom is -0.315 e. The van der Waals surface area contributed by atoms with Gasteiger partial charge in [0, 0.05) is 25.6 Å². The van der Waals surface area contributed by atoms with Gasteiger partial charge in [-0.15, -0.1) is 0 Å². The van der Waals surface area contributed by atoms with Crippen molar-refractivity contribution >= 4 is 17.4 Å². The van der Waals surface area contributed by atoms with Crippen molar-refractivity contribution in [1.29, 1.82) is 0 Å². The molecule has 1 aromatic carbocycles. The summed E-state index contributed by atoms with van der Waals surface area (Å²) in [5, 5.41) is 0. The summed E-state index contributed by atoms with van der Waals surface area (Å²) in [4.78, 5) is 24.2. The number of hydrogen-bond donors (Lipinski definition) is 0. The largest absolute Gasteiger partial charge is 0.315 e. The lowest BCUT2D eigenvalue weighted by atomic mass is 9.97. The maximum absolute atomic E-state index is 11.6. The van der Waals surface area contributed by atoms with Gasteiger partial charge in [-0.1, -0.05) is 12.1 Å². The lowest BCUT2D eigenvalue weighted by Gasteiger charge is -2.26. The number of carbonyl (C=O) groups is 2. The van der Waals surface area contributed by atoms with E-state index in [1.807, 2.05) is 13.1 Å². The van der Waals surface area contributed by atoms with E-state index in [0.717, 1.165) is 31.4 Å². The van der Waals surface area contributed by atoms with Crippen LogP contribution in [-0.4, -0.2) is 18.7 Å². The number of rotatable bonds is 5. The Kier molecular flexibility index (Phi) is 4.35. The van der Waals surface area contributed by atoms with Gasteiger partial charge in [-0.05, 0) is 49.8 Å². The molecule has 102 valence electrons. The zero-order valence-corrected chi connectivity index (χ0v) is 11.7. The van der Waals surface area contributed by atoms with Crippen LogP contribution >= 0.6 is 0 Å². The third-order valence-electron chi connectivity index (χ3n) is 3.73. The summed E-state index contributed by atoms with van der Waals surface area (Å²) in [5.41, 5.74) is 3.62. The Balaban J connectivity index is 1.97. The zero-order chi connectivity index (χ0) is 13.8. The topological polar surface area (TPSA) is 37.4 Å². The Hall–Kier alpha value is -1.64. The first-order valence-electron chi connectivity index (χ1n) is 6.95. The average Bonchev–Trinajstić information content (AvgIpc) is 2.39. The smallest absolute Gasteiger partial charge is 0.227 e. The number of amides is 1. The number of aryl methyl sites for hydroxylation is 2. The Bertz CT molecular complexity index is 494. The molecule has 0 radical (unpaired) electrons. The highest BCUT2D eigenvalue weighted by Gasteiger charge is 2.20. The van der Waals surface area contributed by atoms with Crippen LogP contribution in [0.15, 0.2) is 18.2 Å². The van der Waals surface area contributed by atoms with Gasteiger partial charge in [0.05, 0.1) is 0 Å². The van der Waals surface area contributed by atoms with Crippen LogP contribution in [0, 0.1) is 0 Å². The molecule has 1 heterocycles. The molecule has 1 aliphatic heterocycles. The normalized spacial score (nSPS) is 14.4. The predicted octanol–water partition coefficient (Wildman–Crippen LogP) is 2.90. The van der Waals surface area contributed by atoms with Crippen LogP contribution in [0.3, 0.4) is 0 Å². The van der Waals surface area contributed by atoms with Crippen LogP contribution in [0.25, 0.3) is 0 Å². The van der Waals surface area contributed by atoms with Crippen molar-refractivity contribution in [1.82, 2.24) is 0 Å². The number of anilines is 1. The molecule has 0 aliphatic carbocycles. The maximum atomic E-state index is 11.6. The van der Waals surface area contributed by atoms with Crippen molar-refractivity contribution in [3.8, 4) is 0 Å². The van der Waals surface area contributed by atoms with Crippen molar-refractivity contribution < 1.29 is 9.59 Å². The molecular formula is C16H21NO2. The average molecular weight is 259 g/mol. The molecule has 0 saturated heterocycles. The molecular weight excluding hydrogens is 238 g/mol. The molecule has 3 nitrogen and oxygen atoms in total. The number of nitrogens with zero attached hydrogens (tertiary/aromatic N) is 1. The summed E-state index contributed by atoms with van der Waals surface area (Å²) in [6.45, 7) is 1.64. The second-order valence-corrected chi connectivity index (χ2v) is 5.32. The molecule has 0 atom stereocenters. The Morgan fingerprint density at radius 2 is 2.05 bits per heavy atom. The van der Waals surface area contributed by atoms with E-state index in [0.29, 0.717) is 12.8 Å². The first-order chi connectivity index (χ1) is 9.08. The molecule has 19 heavy (non-hydrogen) atoms. The third kappa shape index (κ3) is 3.43. The Morgan fingerprint density at radius 1 is 1.26 bits per heavy atom. The number of Topliss-reactive ketones (excluding diaryl/α,β-unsaturated/α-hetero) is 1. The molecule has 1 aliphatic rings. The van der Waals surface area contributed by atoms with Crippen LogP contribution in [0.1, 0.15) is 43.7 Å². The minimum atomic E-state index is 0.196. The molecule has 0 N–H and O–H groups in total. The second-order valence-electron chi connectivity index (χ2n) is 5.32. The lowest BCUT2D eigenvalue weighted by Crippen LogP contribution is -2.31. The standard InChI is InChI=1S/C16H21NO2/c1-12(18)5-3-4-6-13-7-9-15-14(11-13)8-10-16(19)17(15)2/h7,9,11H,3-6,8,10H2,1-2H3. The number of unbranched alkanes of at least 4 members (excludes halogenated alkanes) is 1. The summed E-state index contributed by atoms with van der Waals surface area (Å²) >= 11 is 0. The molecule has 0 saturated carbocycles. The van der Waals surface area contributed by atoms with E-state index in [1.165, 1.54) is 11.1 Å². The van der Waals surface area contributed by atoms with E-state index in [2.05, 4.69) is 12.1 Å². The monoisotopic (exact) mass is 259 g/mol. The van der Waals surface area contributed by atoms with Crippen molar-refractivity contribution in [2.75, 3.05) is 11.9 Å². The van der Waals surface area contributed by atoms with Crippen LogP contribution < -0.4 is 4.90 Å². The van der Waals surface area contributed by atoms with Crippen LogP contribution in [0.2, 0.25) is 0 Å². The number of benzene rings is 1. The van der Waals surface area contributed by atoms with Crippen LogP contribution in [0.5, 0.6) is 0 Å². The second kappa shape index (κ2) is 6.00. The first kappa shape index (κ1) is 13.8. The van der Waals surface area contributed by atoms with Crippen LogP contribution in [-0.2, 0) is 22.4 Å². The highest BCUT2D eigenvalue weighted by molar-refractivity contribution is 5.95. The molecule has 0 aromatic heterocycles. The molecule has 0 bridgehead atoms. The number of hydrogen-bond acceptors (Lipinski definition) is 2. The van der Waals surface area contributed by atoms with Crippen molar-refractivity contribution in [2.45, 2.75) is 45.4 Å². The van der Waals surface area contributed by atoms with E-state index >= 15 is 0 Å². The Labute approximate surface area is 114 Å². The fourth-order valence-corrected chi connectivity index (χ4v) is 2.57. The fourth-order valence-electron chi connectivity index (χ4n) is 2.57. The highest BCUT2D eigenvalue weighted by atomic mass is 16.2. The van der Waals surface area contributed by atoms with E-state index in [-0.39, 0.29) is 11.7 Å². The highest BCUT2D eigenvalue weighted by Crippen LogP contribution is 2.28. The maximum Gasteiger partial charge on any atom is 0.227 e. The fraction of sp³-hybridized carbons (Fsp3) is 0.500. The van der Waals surface area contributed by atoms with Crippen molar-refractivity contribution in [3.63, 3.8) is 0 Å². The SMILES string of the molecule is CC(=O)CCCCc1ccc2c(c1)CCC(=O)N2C. The van der Waals surface area contributed by atoms with Crippen molar-refractivity contribution in [2.24, 2.45) is 0 Å².